The average Bonchev–Trinajstić information content (AvgIpc) is 2.75. The van der Waals surface area contributed by atoms with Gasteiger partial charge in [0.1, 0.15) is 17.6 Å². The summed E-state index contributed by atoms with van der Waals surface area (Å²) in [5, 5.41) is 4.68. The summed E-state index contributed by atoms with van der Waals surface area (Å²) >= 11 is 0. The van der Waals surface area contributed by atoms with E-state index >= 15 is 0 Å². The number of hydrogen-bond donors (Lipinski definition) is 2. The number of halogens is 3. The Balaban J connectivity index is 1.64. The van der Waals surface area contributed by atoms with Crippen molar-refractivity contribution >= 4 is 5.91 Å². The number of hydrogen-bond acceptors (Lipinski definition) is 2. The van der Waals surface area contributed by atoms with Gasteiger partial charge < -0.3 is 15.4 Å². The van der Waals surface area contributed by atoms with Gasteiger partial charge in [-0.25, -0.2) is 4.39 Å². The smallest absolute Gasteiger partial charge is 0.387 e. The molecule has 0 unspecified atom stereocenters. The van der Waals surface area contributed by atoms with Crippen LogP contribution < -0.4 is 15.4 Å². The molecule has 0 radical (unpaired) electrons. The molecule has 0 heterocycles. The van der Waals surface area contributed by atoms with Gasteiger partial charge in [-0.3, -0.25) is 4.79 Å². The summed E-state index contributed by atoms with van der Waals surface area (Å²) in [6.07, 6.45) is 0. The summed E-state index contributed by atoms with van der Waals surface area (Å²) in [7, 11) is 0. The minimum Gasteiger partial charge on any atom is -0.435 e. The van der Waals surface area contributed by atoms with Crippen LogP contribution in [0, 0.1) is 5.82 Å². The summed E-state index contributed by atoms with van der Waals surface area (Å²) < 4.78 is 42.1. The largest absolute Gasteiger partial charge is 0.435 e. The van der Waals surface area contributed by atoms with Crippen molar-refractivity contribution in [3.05, 3.63) is 101 Å². The lowest BCUT2D eigenvalue weighted by Crippen LogP contribution is -2.87. The van der Waals surface area contributed by atoms with E-state index in [1.54, 1.807) is 24.3 Å². The van der Waals surface area contributed by atoms with Crippen molar-refractivity contribution < 1.29 is 28.0 Å². The second kappa shape index (κ2) is 10.5. The Hall–Kier alpha value is -3.32. The molecule has 0 aromatic heterocycles. The van der Waals surface area contributed by atoms with E-state index in [-0.39, 0.29) is 30.1 Å². The van der Waals surface area contributed by atoms with E-state index in [1.165, 1.54) is 24.3 Å². The minimum absolute atomic E-state index is 0.0811. The number of amides is 1. The number of rotatable bonds is 9. The number of nitrogens with one attached hydrogen (secondary N) is 1. The summed E-state index contributed by atoms with van der Waals surface area (Å²) in [5.41, 5.74) is 2.64. The maximum absolute atomic E-state index is 13.0. The van der Waals surface area contributed by atoms with Crippen LogP contribution in [0.3, 0.4) is 0 Å². The molecule has 0 spiro atoms. The van der Waals surface area contributed by atoms with Gasteiger partial charge in [0, 0.05) is 17.7 Å². The number of carbonyl (C=O) groups excluding carboxylic acids is 1. The maximum atomic E-state index is 13.0. The van der Waals surface area contributed by atoms with Gasteiger partial charge >= 0.3 is 6.61 Å². The zero-order valence-electron chi connectivity index (χ0n) is 16.1. The second-order valence-corrected chi connectivity index (χ2v) is 6.68. The van der Waals surface area contributed by atoms with E-state index in [2.05, 4.69) is 10.1 Å². The first-order valence-electron chi connectivity index (χ1n) is 9.45. The lowest BCUT2D eigenvalue weighted by Gasteiger charge is -2.17. The van der Waals surface area contributed by atoms with Crippen molar-refractivity contribution in [3.63, 3.8) is 0 Å². The van der Waals surface area contributed by atoms with E-state index in [9.17, 15) is 18.0 Å². The first-order chi connectivity index (χ1) is 14.5. The van der Waals surface area contributed by atoms with Crippen LogP contribution in [-0.4, -0.2) is 19.1 Å². The van der Waals surface area contributed by atoms with Crippen LogP contribution in [0.2, 0.25) is 0 Å². The number of nitrogens with two attached hydrogens (primary N) is 1. The number of benzene rings is 3. The molecule has 0 saturated carbocycles. The maximum Gasteiger partial charge on any atom is 0.387 e. The third kappa shape index (κ3) is 6.35. The zero-order chi connectivity index (χ0) is 21.3. The van der Waals surface area contributed by atoms with E-state index in [0.29, 0.717) is 6.54 Å². The van der Waals surface area contributed by atoms with Crippen molar-refractivity contribution in [3.8, 4) is 5.75 Å². The van der Waals surface area contributed by atoms with Gasteiger partial charge in [-0.1, -0.05) is 42.5 Å². The van der Waals surface area contributed by atoms with E-state index < -0.39 is 6.61 Å². The minimum atomic E-state index is -2.88. The number of quaternary nitrogens is 1. The Morgan fingerprint density at radius 3 is 2.17 bits per heavy atom. The van der Waals surface area contributed by atoms with Gasteiger partial charge in [-0.05, 0) is 42.0 Å². The number of ether oxygens (including phenoxy) is 1. The average molecular weight is 415 g/mol. The fourth-order valence-electron chi connectivity index (χ4n) is 3.08. The van der Waals surface area contributed by atoms with Crippen LogP contribution in [-0.2, 0) is 11.3 Å². The fourth-order valence-corrected chi connectivity index (χ4v) is 3.08. The van der Waals surface area contributed by atoms with Gasteiger partial charge in [0.15, 0.2) is 6.54 Å². The Kier molecular flexibility index (Phi) is 7.45. The molecular formula is C23H22F3N2O2+. The molecule has 4 nitrogen and oxygen atoms in total. The predicted octanol–water partition coefficient (Wildman–Crippen LogP) is 3.40. The van der Waals surface area contributed by atoms with Crippen LogP contribution in [0.1, 0.15) is 22.7 Å². The van der Waals surface area contributed by atoms with Crippen LogP contribution in [0.15, 0.2) is 78.9 Å². The van der Waals surface area contributed by atoms with E-state index in [0.717, 1.165) is 16.7 Å². The highest BCUT2D eigenvalue weighted by molar-refractivity contribution is 5.76. The summed E-state index contributed by atoms with van der Waals surface area (Å²) in [5.74, 6) is -0.412. The second-order valence-electron chi connectivity index (χ2n) is 6.68. The normalized spacial score (nSPS) is 11.9. The molecule has 3 aromatic rings. The van der Waals surface area contributed by atoms with Crippen LogP contribution in [0.4, 0.5) is 13.2 Å². The third-order valence-corrected chi connectivity index (χ3v) is 4.56. The highest BCUT2D eigenvalue weighted by Gasteiger charge is 2.19. The highest BCUT2D eigenvalue weighted by Crippen LogP contribution is 2.22. The Labute approximate surface area is 172 Å². The van der Waals surface area contributed by atoms with Crippen LogP contribution in [0.5, 0.6) is 5.75 Å². The molecule has 7 heteroatoms. The summed E-state index contributed by atoms with van der Waals surface area (Å²) in [4.78, 5) is 12.3. The molecule has 1 amide bonds. The topological polar surface area (TPSA) is 54.9 Å². The van der Waals surface area contributed by atoms with Crippen molar-refractivity contribution in [1.82, 2.24) is 5.32 Å². The molecule has 3 N–H and O–H groups in total. The first-order valence-corrected chi connectivity index (χ1v) is 9.45. The molecule has 0 fully saturated rings. The highest BCUT2D eigenvalue weighted by atomic mass is 19.3. The van der Waals surface area contributed by atoms with Crippen molar-refractivity contribution in [2.24, 2.45) is 0 Å². The van der Waals surface area contributed by atoms with Crippen molar-refractivity contribution in [2.45, 2.75) is 19.2 Å². The molecular weight excluding hydrogens is 393 g/mol. The molecule has 156 valence electrons. The molecule has 30 heavy (non-hydrogen) atoms. The quantitative estimate of drug-likeness (QED) is 0.563. The van der Waals surface area contributed by atoms with E-state index in [4.69, 9.17) is 0 Å². The predicted molar refractivity (Wildman–Crippen MR) is 106 cm³/mol. The van der Waals surface area contributed by atoms with Gasteiger partial charge in [0.2, 0.25) is 0 Å². The van der Waals surface area contributed by atoms with Crippen LogP contribution in [0.25, 0.3) is 0 Å². The van der Waals surface area contributed by atoms with Crippen molar-refractivity contribution in [2.75, 3.05) is 6.54 Å². The standard InChI is InChI=1S/C23H21F3N2O2/c24-19-10-6-16(7-11-19)14-27-21(29)15-28-22(17-4-2-1-3-5-17)18-8-12-20(13-9-18)30-23(25)26/h1-13,22-23,28H,14-15H2,(H,27,29)/p+1/t22-/m1/s1. The molecule has 0 aliphatic rings. The van der Waals surface area contributed by atoms with Gasteiger partial charge in [-0.2, -0.15) is 8.78 Å². The number of alkyl halides is 2. The molecule has 0 aliphatic carbocycles. The Bertz CT molecular complexity index is 933. The Morgan fingerprint density at radius 2 is 1.53 bits per heavy atom. The Morgan fingerprint density at radius 1 is 0.900 bits per heavy atom. The van der Waals surface area contributed by atoms with E-state index in [1.807, 2.05) is 35.6 Å². The SMILES string of the molecule is O=C(C[NH2+][C@H](c1ccccc1)c1ccc(OC(F)F)cc1)NCc1ccc(F)cc1. The third-order valence-electron chi connectivity index (χ3n) is 4.56. The zero-order valence-corrected chi connectivity index (χ0v) is 16.1. The van der Waals surface area contributed by atoms with Crippen LogP contribution >= 0.6 is 0 Å². The lowest BCUT2D eigenvalue weighted by atomic mass is 9.98. The monoisotopic (exact) mass is 415 g/mol. The van der Waals surface area contributed by atoms with Gasteiger partial charge in [0.05, 0.1) is 0 Å². The van der Waals surface area contributed by atoms with Crippen molar-refractivity contribution in [1.29, 1.82) is 0 Å². The fraction of sp³-hybridized carbons (Fsp3) is 0.174. The lowest BCUT2D eigenvalue weighted by molar-refractivity contribution is -0.676. The van der Waals surface area contributed by atoms with Gasteiger partial charge in [-0.15, -0.1) is 0 Å². The molecule has 1 atom stereocenters. The first kappa shape index (κ1) is 21.4. The molecule has 3 aromatic carbocycles. The summed E-state index contributed by atoms with van der Waals surface area (Å²) in [6, 6.07) is 21.7. The molecule has 0 bridgehead atoms. The van der Waals surface area contributed by atoms with Gasteiger partial charge in [0.25, 0.3) is 5.91 Å². The summed E-state index contributed by atoms with van der Waals surface area (Å²) in [6.45, 7) is -2.41. The molecule has 3 rings (SSSR count). The number of carbonyl (C=O) groups is 1. The molecule has 0 aliphatic heterocycles. The molecule has 0 saturated heterocycles.